The van der Waals surface area contributed by atoms with Crippen LogP contribution in [0.15, 0.2) is 12.4 Å². The van der Waals surface area contributed by atoms with E-state index in [9.17, 15) is 4.79 Å². The van der Waals surface area contributed by atoms with Gasteiger partial charge in [-0.1, -0.05) is 0 Å². The number of piperazine rings is 1. The van der Waals surface area contributed by atoms with Gasteiger partial charge in [0.2, 0.25) is 0 Å². The SMILES string of the molecule is CCn1ncc(C(=O)N2CCN(Cc3cn(C)nc3C)CC2)c1C. The van der Waals surface area contributed by atoms with E-state index in [0.29, 0.717) is 0 Å². The van der Waals surface area contributed by atoms with Crippen LogP contribution in [0, 0.1) is 13.8 Å². The molecule has 1 fully saturated rings. The maximum Gasteiger partial charge on any atom is 0.257 e. The van der Waals surface area contributed by atoms with Crippen molar-refractivity contribution >= 4 is 5.91 Å². The van der Waals surface area contributed by atoms with Gasteiger partial charge in [0.15, 0.2) is 0 Å². The second kappa shape index (κ2) is 6.76. The van der Waals surface area contributed by atoms with Crippen molar-refractivity contribution in [1.29, 1.82) is 0 Å². The molecule has 0 unspecified atom stereocenters. The van der Waals surface area contributed by atoms with Crippen molar-refractivity contribution in [3.8, 4) is 0 Å². The molecule has 3 rings (SSSR count). The first-order chi connectivity index (χ1) is 11.5. The molecule has 0 radical (unpaired) electrons. The van der Waals surface area contributed by atoms with Crippen LogP contribution in [0.1, 0.15) is 34.2 Å². The van der Waals surface area contributed by atoms with E-state index in [1.807, 2.05) is 42.1 Å². The molecule has 1 aliphatic heterocycles. The molecule has 0 aliphatic carbocycles. The molecule has 0 atom stereocenters. The van der Waals surface area contributed by atoms with Crippen molar-refractivity contribution < 1.29 is 4.79 Å². The molecule has 0 bridgehead atoms. The standard InChI is InChI=1S/C17H26N6O/c1-5-23-14(3)16(10-18-23)17(24)22-8-6-21(7-9-22)12-15-11-20(4)19-13(15)2/h10-11H,5-9,12H2,1-4H3. The number of amides is 1. The highest BCUT2D eigenvalue weighted by Crippen LogP contribution is 2.15. The van der Waals surface area contributed by atoms with Crippen LogP contribution in [0.4, 0.5) is 0 Å². The van der Waals surface area contributed by atoms with Gasteiger partial charge in [-0.05, 0) is 20.8 Å². The molecule has 0 spiro atoms. The highest BCUT2D eigenvalue weighted by molar-refractivity contribution is 5.95. The van der Waals surface area contributed by atoms with Crippen molar-refractivity contribution in [3.05, 3.63) is 34.9 Å². The van der Waals surface area contributed by atoms with Crippen LogP contribution in [0.2, 0.25) is 0 Å². The van der Waals surface area contributed by atoms with E-state index >= 15 is 0 Å². The molecule has 1 aliphatic rings. The summed E-state index contributed by atoms with van der Waals surface area (Å²) in [6, 6.07) is 0. The molecule has 130 valence electrons. The second-order valence-electron chi connectivity index (χ2n) is 6.44. The third-order valence-electron chi connectivity index (χ3n) is 4.80. The fourth-order valence-corrected chi connectivity index (χ4v) is 3.30. The molecule has 3 heterocycles. The van der Waals surface area contributed by atoms with Crippen LogP contribution < -0.4 is 0 Å². The molecule has 1 saturated heterocycles. The average molecular weight is 330 g/mol. The van der Waals surface area contributed by atoms with Gasteiger partial charge in [-0.25, -0.2) is 0 Å². The lowest BCUT2D eigenvalue weighted by atomic mass is 10.2. The summed E-state index contributed by atoms with van der Waals surface area (Å²) in [6.07, 6.45) is 3.78. The highest BCUT2D eigenvalue weighted by Gasteiger charge is 2.25. The predicted molar refractivity (Wildman–Crippen MR) is 91.8 cm³/mol. The van der Waals surface area contributed by atoms with Gasteiger partial charge < -0.3 is 4.90 Å². The topological polar surface area (TPSA) is 59.2 Å². The van der Waals surface area contributed by atoms with Crippen LogP contribution in [-0.4, -0.2) is 61.4 Å². The lowest BCUT2D eigenvalue weighted by Crippen LogP contribution is -2.48. The highest BCUT2D eigenvalue weighted by atomic mass is 16.2. The monoisotopic (exact) mass is 330 g/mol. The summed E-state index contributed by atoms with van der Waals surface area (Å²) >= 11 is 0. The van der Waals surface area contributed by atoms with Crippen molar-refractivity contribution in [1.82, 2.24) is 29.4 Å². The van der Waals surface area contributed by atoms with E-state index in [2.05, 4.69) is 21.3 Å². The van der Waals surface area contributed by atoms with Gasteiger partial charge in [0, 0.05) is 63.8 Å². The molecule has 7 nitrogen and oxygen atoms in total. The average Bonchev–Trinajstić information content (AvgIpc) is 3.09. The lowest BCUT2D eigenvalue weighted by Gasteiger charge is -2.34. The number of carbonyl (C=O) groups excluding carboxylic acids is 1. The Kier molecular flexibility index (Phi) is 4.71. The molecular formula is C17H26N6O. The van der Waals surface area contributed by atoms with Crippen LogP contribution in [0.5, 0.6) is 0 Å². The Hall–Kier alpha value is -2.15. The maximum absolute atomic E-state index is 12.7. The molecule has 7 heteroatoms. The second-order valence-corrected chi connectivity index (χ2v) is 6.44. The van der Waals surface area contributed by atoms with Gasteiger partial charge in [0.1, 0.15) is 0 Å². The molecule has 2 aromatic heterocycles. The third kappa shape index (κ3) is 3.21. The third-order valence-corrected chi connectivity index (χ3v) is 4.80. The van der Waals surface area contributed by atoms with Gasteiger partial charge in [0.25, 0.3) is 5.91 Å². The van der Waals surface area contributed by atoms with E-state index in [0.717, 1.165) is 56.2 Å². The fraction of sp³-hybridized carbons (Fsp3) is 0.588. The summed E-state index contributed by atoms with van der Waals surface area (Å²) in [5, 5.41) is 8.68. The minimum atomic E-state index is 0.101. The van der Waals surface area contributed by atoms with Gasteiger partial charge in [-0.3, -0.25) is 19.1 Å². The number of rotatable bonds is 4. The Bertz CT molecular complexity index is 724. The number of hydrogen-bond donors (Lipinski definition) is 0. The first kappa shape index (κ1) is 16.7. The van der Waals surface area contributed by atoms with Crippen molar-refractivity contribution in [2.45, 2.75) is 33.9 Å². The molecule has 24 heavy (non-hydrogen) atoms. The van der Waals surface area contributed by atoms with Crippen LogP contribution in [0.25, 0.3) is 0 Å². The number of aryl methyl sites for hydroxylation is 3. The summed E-state index contributed by atoms with van der Waals surface area (Å²) in [6.45, 7) is 11.0. The largest absolute Gasteiger partial charge is 0.336 e. The summed E-state index contributed by atoms with van der Waals surface area (Å²) < 4.78 is 3.73. The van der Waals surface area contributed by atoms with Gasteiger partial charge in [-0.2, -0.15) is 10.2 Å². The minimum Gasteiger partial charge on any atom is -0.336 e. The number of hydrogen-bond acceptors (Lipinski definition) is 4. The van der Waals surface area contributed by atoms with E-state index in [-0.39, 0.29) is 5.91 Å². The first-order valence-corrected chi connectivity index (χ1v) is 8.52. The van der Waals surface area contributed by atoms with Crippen molar-refractivity contribution in [2.75, 3.05) is 26.2 Å². The molecule has 0 N–H and O–H groups in total. The van der Waals surface area contributed by atoms with E-state index in [4.69, 9.17) is 0 Å². The number of aromatic nitrogens is 4. The van der Waals surface area contributed by atoms with E-state index < -0.39 is 0 Å². The first-order valence-electron chi connectivity index (χ1n) is 8.52. The van der Waals surface area contributed by atoms with Crippen molar-refractivity contribution in [3.63, 3.8) is 0 Å². The van der Waals surface area contributed by atoms with Gasteiger partial charge in [0.05, 0.1) is 17.5 Å². The Labute approximate surface area is 142 Å². The fourth-order valence-electron chi connectivity index (χ4n) is 3.30. The Morgan fingerprint density at radius 3 is 2.46 bits per heavy atom. The van der Waals surface area contributed by atoms with Gasteiger partial charge in [-0.15, -0.1) is 0 Å². The Balaban J connectivity index is 1.59. The predicted octanol–water partition coefficient (Wildman–Crippen LogP) is 1.21. The molecular weight excluding hydrogens is 304 g/mol. The smallest absolute Gasteiger partial charge is 0.257 e. The summed E-state index contributed by atoms with van der Waals surface area (Å²) in [7, 11) is 1.95. The van der Waals surface area contributed by atoms with Gasteiger partial charge >= 0.3 is 0 Å². The minimum absolute atomic E-state index is 0.101. The van der Waals surface area contributed by atoms with Crippen LogP contribution in [-0.2, 0) is 20.1 Å². The zero-order valence-electron chi connectivity index (χ0n) is 15.0. The molecule has 2 aromatic rings. The van der Waals surface area contributed by atoms with Crippen molar-refractivity contribution in [2.24, 2.45) is 7.05 Å². The number of nitrogens with zero attached hydrogens (tertiary/aromatic N) is 6. The maximum atomic E-state index is 12.7. The van der Waals surface area contributed by atoms with Crippen LogP contribution in [0.3, 0.4) is 0 Å². The zero-order chi connectivity index (χ0) is 17.3. The summed E-state index contributed by atoms with van der Waals surface area (Å²) in [4.78, 5) is 17.0. The zero-order valence-corrected chi connectivity index (χ0v) is 15.0. The van der Waals surface area contributed by atoms with Crippen LogP contribution >= 0.6 is 0 Å². The molecule has 0 aromatic carbocycles. The molecule has 1 amide bonds. The Morgan fingerprint density at radius 1 is 1.21 bits per heavy atom. The summed E-state index contributed by atoms with van der Waals surface area (Å²) in [5.41, 5.74) is 4.03. The lowest BCUT2D eigenvalue weighted by molar-refractivity contribution is 0.0627. The number of carbonyl (C=O) groups is 1. The normalized spacial score (nSPS) is 15.9. The quantitative estimate of drug-likeness (QED) is 0.845. The molecule has 0 saturated carbocycles. The Morgan fingerprint density at radius 2 is 1.92 bits per heavy atom. The van der Waals surface area contributed by atoms with E-state index in [1.165, 1.54) is 5.56 Å². The van der Waals surface area contributed by atoms with E-state index in [1.54, 1.807) is 6.20 Å². The summed E-state index contributed by atoms with van der Waals surface area (Å²) in [5.74, 6) is 0.101.